The lowest BCUT2D eigenvalue weighted by Gasteiger charge is -2.38. The lowest BCUT2D eigenvalue weighted by atomic mass is 9.85. The zero-order chi connectivity index (χ0) is 38.8. The van der Waals surface area contributed by atoms with E-state index in [1.165, 1.54) is 33.3 Å². The van der Waals surface area contributed by atoms with Gasteiger partial charge in [0.2, 0.25) is 5.91 Å². The number of nitrogens with zero attached hydrogens (tertiary/aromatic N) is 6. The number of hydrogen-bond donors (Lipinski definition) is 4. The third-order valence-corrected chi connectivity index (χ3v) is 11.0. The average molecular weight is 740 g/mol. The van der Waals surface area contributed by atoms with Gasteiger partial charge >= 0.3 is 0 Å². The number of pyridine rings is 2. The fourth-order valence-corrected chi connectivity index (χ4v) is 6.72. The van der Waals surface area contributed by atoms with Gasteiger partial charge in [0.1, 0.15) is 11.3 Å². The maximum atomic E-state index is 13.7. The van der Waals surface area contributed by atoms with Crippen molar-refractivity contribution in [1.82, 2.24) is 30.4 Å². The number of benzene rings is 1. The van der Waals surface area contributed by atoms with Gasteiger partial charge in [0.15, 0.2) is 29.2 Å². The molecule has 2 unspecified atom stereocenters. The average Bonchev–Trinajstić information content (AvgIpc) is 4.03. The summed E-state index contributed by atoms with van der Waals surface area (Å²) < 4.78 is 24.9. The van der Waals surface area contributed by atoms with Crippen LogP contribution >= 0.6 is 0 Å². The van der Waals surface area contributed by atoms with Gasteiger partial charge in [0.05, 0.1) is 39.4 Å². The molecular formula is C36H42BN9O6S. The van der Waals surface area contributed by atoms with Crippen LogP contribution in [-0.4, -0.2) is 91.1 Å². The van der Waals surface area contributed by atoms with Crippen molar-refractivity contribution in [1.29, 1.82) is 0 Å². The standard InChI is InChI=1S/C34H36BN9O6S.C2H6/c1-6-51(49,50)20-12-13-37-27(14-20)34(35,48)44(5)33(47)26-15-22-18(2)43(4)30-21(23(22)17-38-26)8-7-9-24(30)39-25-16-28(40-31(45)19-10-11-19)41-42-29(25)32(46)36-3;1-2/h7-9,12-19,48H,6,10-11H2,1-5H3,(H,36,46)(H2,39,40,41,45);1-2H3. The number of sulfone groups is 1. The lowest BCUT2D eigenvalue weighted by Crippen LogP contribution is -2.48. The molecular weight excluding hydrogens is 697 g/mol. The highest BCUT2D eigenvalue weighted by Gasteiger charge is 2.36. The maximum Gasteiger partial charge on any atom is 0.274 e. The number of amides is 3. The van der Waals surface area contributed by atoms with E-state index in [0.29, 0.717) is 11.4 Å². The first kappa shape index (κ1) is 38.8. The van der Waals surface area contributed by atoms with Gasteiger partial charge in [-0.25, -0.2) is 8.42 Å². The number of carbonyl (C=O) groups excluding carboxylic acids is 3. The summed E-state index contributed by atoms with van der Waals surface area (Å²) in [5, 5.41) is 28.1. The Balaban J connectivity index is 0.00000266. The second kappa shape index (κ2) is 15.3. The molecule has 2 aliphatic rings. The van der Waals surface area contributed by atoms with E-state index in [9.17, 15) is 27.9 Å². The largest absolute Gasteiger partial charge is 0.374 e. The van der Waals surface area contributed by atoms with Crippen LogP contribution in [0.1, 0.15) is 78.8 Å². The predicted molar refractivity (Wildman–Crippen MR) is 202 cm³/mol. The minimum absolute atomic E-state index is 0.00528. The van der Waals surface area contributed by atoms with Crippen molar-refractivity contribution in [2.75, 3.05) is 42.4 Å². The van der Waals surface area contributed by atoms with Crippen LogP contribution in [0, 0.1) is 5.92 Å². The highest BCUT2D eigenvalue weighted by molar-refractivity contribution is 7.91. The van der Waals surface area contributed by atoms with Crippen molar-refractivity contribution >= 4 is 58.3 Å². The van der Waals surface area contributed by atoms with Crippen LogP contribution in [0.5, 0.6) is 0 Å². The summed E-state index contributed by atoms with van der Waals surface area (Å²) in [6, 6.07) is 10.9. The van der Waals surface area contributed by atoms with E-state index in [2.05, 4.69) is 36.1 Å². The molecule has 4 aromatic rings. The maximum absolute atomic E-state index is 13.7. The number of aromatic nitrogens is 4. The van der Waals surface area contributed by atoms with Crippen molar-refractivity contribution in [3.8, 4) is 11.1 Å². The van der Waals surface area contributed by atoms with Crippen LogP contribution in [0.15, 0.2) is 59.8 Å². The molecule has 3 amide bonds. The Morgan fingerprint density at radius 3 is 2.43 bits per heavy atom. The number of fused-ring (bicyclic) bond motifs is 3. The van der Waals surface area contributed by atoms with Crippen molar-refractivity contribution < 1.29 is 27.9 Å². The van der Waals surface area contributed by atoms with Crippen LogP contribution in [0.4, 0.5) is 22.9 Å². The van der Waals surface area contributed by atoms with Crippen molar-refractivity contribution in [3.63, 3.8) is 0 Å². The molecule has 1 aromatic carbocycles. The minimum Gasteiger partial charge on any atom is -0.374 e. The fraction of sp³-hybridized carbons (Fsp3) is 0.361. The smallest absolute Gasteiger partial charge is 0.274 e. The Kier molecular flexibility index (Phi) is 11.2. The Morgan fingerprint density at radius 1 is 1.06 bits per heavy atom. The Bertz CT molecular complexity index is 2180. The zero-order valence-electron chi connectivity index (χ0n) is 30.6. The predicted octanol–water partition coefficient (Wildman–Crippen LogP) is 3.76. The Hall–Kier alpha value is -5.42. The van der Waals surface area contributed by atoms with Crippen molar-refractivity contribution in [2.24, 2.45) is 5.92 Å². The van der Waals surface area contributed by atoms with Gasteiger partial charge in [0, 0.05) is 56.6 Å². The number of anilines is 4. The van der Waals surface area contributed by atoms with E-state index < -0.39 is 27.3 Å². The number of nitrogens with one attached hydrogen (secondary N) is 3. The molecule has 2 atom stereocenters. The quantitative estimate of drug-likeness (QED) is 0.136. The van der Waals surface area contributed by atoms with E-state index in [4.69, 9.17) is 7.85 Å². The molecule has 0 saturated heterocycles. The van der Waals surface area contributed by atoms with Crippen LogP contribution < -0.4 is 20.9 Å². The summed E-state index contributed by atoms with van der Waals surface area (Å²) in [6.45, 7) is 7.44. The number of rotatable bonds is 10. The molecule has 1 saturated carbocycles. The first-order valence-electron chi connectivity index (χ1n) is 17.2. The summed E-state index contributed by atoms with van der Waals surface area (Å²) in [5.74, 6) is -1.34. The zero-order valence-corrected chi connectivity index (χ0v) is 31.4. The number of hydrogen-bond acceptors (Lipinski definition) is 12. The normalized spacial score (nSPS) is 15.8. The molecule has 1 aliphatic heterocycles. The van der Waals surface area contributed by atoms with Crippen LogP contribution in [-0.2, 0) is 20.3 Å². The monoisotopic (exact) mass is 739 g/mol. The Labute approximate surface area is 310 Å². The molecule has 0 spiro atoms. The molecule has 4 heterocycles. The summed E-state index contributed by atoms with van der Waals surface area (Å²) in [7, 11) is 7.22. The molecule has 2 radical (unpaired) electrons. The van der Waals surface area contributed by atoms with Crippen molar-refractivity contribution in [3.05, 3.63) is 77.5 Å². The molecule has 1 aliphatic carbocycles. The van der Waals surface area contributed by atoms with Crippen LogP contribution in [0.25, 0.3) is 11.1 Å². The van der Waals surface area contributed by atoms with Gasteiger partial charge in [-0.2, -0.15) is 0 Å². The second-order valence-corrected chi connectivity index (χ2v) is 14.8. The lowest BCUT2D eigenvalue weighted by molar-refractivity contribution is -0.117. The highest BCUT2D eigenvalue weighted by Crippen LogP contribution is 2.48. The summed E-state index contributed by atoms with van der Waals surface area (Å²) in [6.07, 6.45) is 4.41. The fourth-order valence-electron chi connectivity index (χ4n) is 5.83. The summed E-state index contributed by atoms with van der Waals surface area (Å²) >= 11 is 0. The Morgan fingerprint density at radius 2 is 1.77 bits per heavy atom. The molecule has 15 nitrogen and oxygen atoms in total. The van der Waals surface area contributed by atoms with Gasteiger partial charge < -0.3 is 30.9 Å². The molecule has 53 heavy (non-hydrogen) atoms. The van der Waals surface area contributed by atoms with Gasteiger partial charge in [-0.05, 0) is 49.6 Å². The van der Waals surface area contributed by atoms with Crippen molar-refractivity contribution in [2.45, 2.75) is 57.1 Å². The first-order chi connectivity index (χ1) is 25.2. The van der Waals surface area contributed by atoms with E-state index in [1.807, 2.05) is 50.9 Å². The molecule has 17 heteroatoms. The molecule has 0 bridgehead atoms. The van der Waals surface area contributed by atoms with Gasteiger partial charge in [-0.15, -0.1) is 10.2 Å². The third kappa shape index (κ3) is 7.57. The summed E-state index contributed by atoms with van der Waals surface area (Å²) in [5.41, 5.74) is 1.40. The van der Waals surface area contributed by atoms with Crippen LogP contribution in [0.2, 0.25) is 0 Å². The number of carbonyl (C=O) groups is 3. The first-order valence-corrected chi connectivity index (χ1v) is 18.9. The molecule has 3 aromatic heterocycles. The van der Waals surface area contributed by atoms with Crippen LogP contribution in [0.3, 0.4) is 0 Å². The number of para-hydroxylation sites is 1. The third-order valence-electron chi connectivity index (χ3n) is 9.23. The van der Waals surface area contributed by atoms with E-state index in [1.54, 1.807) is 18.3 Å². The topological polar surface area (TPSA) is 200 Å². The van der Waals surface area contributed by atoms with Gasteiger partial charge in [-0.1, -0.05) is 32.9 Å². The molecule has 276 valence electrons. The second-order valence-electron chi connectivity index (χ2n) is 12.5. The highest BCUT2D eigenvalue weighted by atomic mass is 32.2. The number of aliphatic hydroxyl groups is 1. The molecule has 6 rings (SSSR count). The SMILES string of the molecule is CC.[B]C(O)(c1cc(S(=O)(=O)CC)ccn1)N(C)C(=O)c1cc2c(cn1)-c1cccc(Nc3cc(NC(=O)C4CC4)nnc3C(=O)NC)c1N(C)C2C. The molecule has 4 N–H and O–H groups in total. The van der Waals surface area contributed by atoms with E-state index in [-0.39, 0.29) is 51.4 Å². The molecule has 1 fully saturated rings. The van der Waals surface area contributed by atoms with E-state index >= 15 is 0 Å². The van der Waals surface area contributed by atoms with E-state index in [0.717, 1.165) is 46.2 Å². The minimum atomic E-state index is -3.63. The summed E-state index contributed by atoms with van der Waals surface area (Å²) in [4.78, 5) is 50.1. The van der Waals surface area contributed by atoms with Gasteiger partial charge in [-0.3, -0.25) is 24.4 Å². The van der Waals surface area contributed by atoms with Gasteiger partial charge in [0.25, 0.3) is 11.8 Å².